The van der Waals surface area contributed by atoms with Gasteiger partial charge < -0.3 is 14.2 Å². The fraction of sp³-hybridized carbons (Fsp3) is 0.333. The molecule has 98 valence electrons. The van der Waals surface area contributed by atoms with Crippen LogP contribution in [0.15, 0.2) is 12.1 Å². The fourth-order valence-electron chi connectivity index (χ4n) is 1.36. The van der Waals surface area contributed by atoms with Crippen molar-refractivity contribution in [2.24, 2.45) is 0 Å². The van der Waals surface area contributed by atoms with Crippen LogP contribution in [0.3, 0.4) is 0 Å². The Hall–Kier alpha value is -1.69. The van der Waals surface area contributed by atoms with Crippen LogP contribution in [-0.2, 0) is 4.74 Å². The lowest BCUT2D eigenvalue weighted by atomic mass is 10.1. The number of methoxy groups -OCH3 is 2. The van der Waals surface area contributed by atoms with E-state index in [4.69, 9.17) is 14.2 Å². The van der Waals surface area contributed by atoms with Crippen molar-refractivity contribution in [2.75, 3.05) is 26.4 Å². The lowest BCUT2D eigenvalue weighted by molar-refractivity contribution is 0.0577. The fourth-order valence-corrected chi connectivity index (χ4v) is 1.58. The van der Waals surface area contributed by atoms with Gasteiger partial charge in [-0.15, -0.1) is 11.8 Å². The Morgan fingerprint density at radius 1 is 1.28 bits per heavy atom. The SMILES string of the molecule is COc1cc(C=O)c(C(=O)OCSC)cc1OC. The van der Waals surface area contributed by atoms with E-state index in [0.717, 1.165) is 0 Å². The van der Waals surface area contributed by atoms with Crippen molar-refractivity contribution < 1.29 is 23.8 Å². The monoisotopic (exact) mass is 270 g/mol. The van der Waals surface area contributed by atoms with Gasteiger partial charge in [-0.05, 0) is 18.4 Å². The molecular formula is C12H14O5S. The number of hydrogen-bond acceptors (Lipinski definition) is 6. The van der Waals surface area contributed by atoms with Gasteiger partial charge in [0.15, 0.2) is 17.8 Å². The Morgan fingerprint density at radius 3 is 2.39 bits per heavy atom. The number of thioether (sulfide) groups is 1. The first kappa shape index (κ1) is 14.4. The molecule has 0 atom stereocenters. The standard InChI is InChI=1S/C12H14O5S/c1-15-10-4-8(6-13)9(5-11(10)16-2)12(14)17-7-18-3/h4-6H,7H2,1-3H3. The van der Waals surface area contributed by atoms with E-state index in [1.54, 1.807) is 0 Å². The molecule has 0 aromatic heterocycles. The van der Waals surface area contributed by atoms with Crippen LogP contribution in [0.25, 0.3) is 0 Å². The van der Waals surface area contributed by atoms with Crippen LogP contribution in [0.5, 0.6) is 11.5 Å². The molecule has 0 unspecified atom stereocenters. The molecule has 0 saturated heterocycles. The zero-order valence-electron chi connectivity index (χ0n) is 10.4. The Bertz CT molecular complexity index is 444. The van der Waals surface area contributed by atoms with Crippen molar-refractivity contribution in [1.29, 1.82) is 0 Å². The normalized spacial score (nSPS) is 9.72. The third-order valence-corrected chi connectivity index (χ3v) is 2.56. The molecule has 0 radical (unpaired) electrons. The van der Waals surface area contributed by atoms with E-state index in [9.17, 15) is 9.59 Å². The van der Waals surface area contributed by atoms with Crippen LogP contribution in [-0.4, -0.2) is 38.7 Å². The summed E-state index contributed by atoms with van der Waals surface area (Å²) in [5, 5.41) is 0. The molecule has 1 aromatic carbocycles. The number of carbonyl (C=O) groups excluding carboxylic acids is 2. The van der Waals surface area contributed by atoms with Gasteiger partial charge in [0.2, 0.25) is 0 Å². The molecule has 0 bridgehead atoms. The van der Waals surface area contributed by atoms with Crippen LogP contribution in [0, 0.1) is 0 Å². The molecule has 0 spiro atoms. The average Bonchev–Trinajstić information content (AvgIpc) is 2.42. The maximum absolute atomic E-state index is 11.8. The Balaban J connectivity index is 3.16. The van der Waals surface area contributed by atoms with Gasteiger partial charge in [0.25, 0.3) is 0 Å². The summed E-state index contributed by atoms with van der Waals surface area (Å²) < 4.78 is 15.1. The van der Waals surface area contributed by atoms with Crippen LogP contribution < -0.4 is 9.47 Å². The van der Waals surface area contributed by atoms with E-state index in [0.29, 0.717) is 17.8 Å². The first-order chi connectivity index (χ1) is 8.67. The van der Waals surface area contributed by atoms with Gasteiger partial charge in [-0.3, -0.25) is 4.79 Å². The number of carbonyl (C=O) groups is 2. The quantitative estimate of drug-likeness (QED) is 0.447. The van der Waals surface area contributed by atoms with Gasteiger partial charge in [0, 0.05) is 5.56 Å². The van der Waals surface area contributed by atoms with Crippen LogP contribution in [0.4, 0.5) is 0 Å². The number of esters is 1. The predicted molar refractivity (Wildman–Crippen MR) is 68.7 cm³/mol. The van der Waals surface area contributed by atoms with Crippen molar-refractivity contribution in [1.82, 2.24) is 0 Å². The van der Waals surface area contributed by atoms with E-state index >= 15 is 0 Å². The zero-order valence-corrected chi connectivity index (χ0v) is 11.2. The smallest absolute Gasteiger partial charge is 0.339 e. The Labute approximate surface area is 109 Å². The van der Waals surface area contributed by atoms with Crippen LogP contribution in [0.1, 0.15) is 20.7 Å². The van der Waals surface area contributed by atoms with Gasteiger partial charge in [0.05, 0.1) is 19.8 Å². The minimum Gasteiger partial charge on any atom is -0.493 e. The molecule has 0 heterocycles. The molecule has 0 aliphatic rings. The second-order valence-electron chi connectivity index (χ2n) is 3.25. The summed E-state index contributed by atoms with van der Waals surface area (Å²) in [6, 6.07) is 2.88. The van der Waals surface area contributed by atoms with E-state index in [1.807, 2.05) is 6.26 Å². The highest BCUT2D eigenvalue weighted by Crippen LogP contribution is 2.30. The predicted octanol–water partition coefficient (Wildman–Crippen LogP) is 1.99. The maximum Gasteiger partial charge on any atom is 0.339 e. The highest BCUT2D eigenvalue weighted by atomic mass is 32.2. The number of hydrogen-bond donors (Lipinski definition) is 0. The zero-order chi connectivity index (χ0) is 13.5. The largest absolute Gasteiger partial charge is 0.493 e. The third-order valence-electron chi connectivity index (χ3n) is 2.21. The van der Waals surface area contributed by atoms with Gasteiger partial charge in [-0.2, -0.15) is 0 Å². The molecule has 6 heteroatoms. The molecule has 0 aliphatic carbocycles. The lowest BCUT2D eigenvalue weighted by Crippen LogP contribution is -2.09. The highest BCUT2D eigenvalue weighted by molar-refractivity contribution is 7.98. The molecule has 0 aliphatic heterocycles. The van der Waals surface area contributed by atoms with Gasteiger partial charge in [-0.1, -0.05) is 0 Å². The summed E-state index contributed by atoms with van der Waals surface area (Å²) in [5.74, 6) is 0.429. The third kappa shape index (κ3) is 3.16. The van der Waals surface area contributed by atoms with Crippen LogP contribution >= 0.6 is 11.8 Å². The Morgan fingerprint density at radius 2 is 1.89 bits per heavy atom. The van der Waals surface area contributed by atoms with Crippen molar-refractivity contribution in [2.45, 2.75) is 0 Å². The average molecular weight is 270 g/mol. The number of aldehydes is 1. The van der Waals surface area contributed by atoms with Crippen molar-refractivity contribution in [3.63, 3.8) is 0 Å². The second kappa shape index (κ2) is 6.90. The van der Waals surface area contributed by atoms with E-state index < -0.39 is 5.97 Å². The lowest BCUT2D eigenvalue weighted by Gasteiger charge is -2.11. The van der Waals surface area contributed by atoms with Crippen molar-refractivity contribution in [3.05, 3.63) is 23.3 Å². The molecular weight excluding hydrogens is 256 g/mol. The minimum absolute atomic E-state index is 0.164. The highest BCUT2D eigenvalue weighted by Gasteiger charge is 2.17. The molecule has 18 heavy (non-hydrogen) atoms. The van der Waals surface area contributed by atoms with Crippen LogP contribution in [0.2, 0.25) is 0 Å². The summed E-state index contributed by atoms with van der Waals surface area (Å²) in [4.78, 5) is 22.7. The number of rotatable bonds is 6. The van der Waals surface area contributed by atoms with E-state index in [1.165, 1.54) is 38.1 Å². The molecule has 1 aromatic rings. The van der Waals surface area contributed by atoms with E-state index in [-0.39, 0.29) is 17.1 Å². The van der Waals surface area contributed by atoms with Crippen molar-refractivity contribution in [3.8, 4) is 11.5 Å². The summed E-state index contributed by atoms with van der Waals surface area (Å²) in [7, 11) is 2.91. The number of benzene rings is 1. The maximum atomic E-state index is 11.8. The summed E-state index contributed by atoms with van der Waals surface area (Å²) in [5.41, 5.74) is 0.371. The van der Waals surface area contributed by atoms with Gasteiger partial charge in [-0.25, -0.2) is 4.79 Å². The van der Waals surface area contributed by atoms with Gasteiger partial charge in [0.1, 0.15) is 5.94 Å². The molecule has 0 fully saturated rings. The minimum atomic E-state index is -0.563. The summed E-state index contributed by atoms with van der Waals surface area (Å²) >= 11 is 1.37. The van der Waals surface area contributed by atoms with E-state index in [2.05, 4.69) is 0 Å². The second-order valence-corrected chi connectivity index (χ2v) is 4.06. The Kier molecular flexibility index (Phi) is 5.51. The van der Waals surface area contributed by atoms with Crippen molar-refractivity contribution >= 4 is 24.0 Å². The first-order valence-electron chi connectivity index (χ1n) is 5.05. The first-order valence-corrected chi connectivity index (χ1v) is 6.44. The molecule has 0 N–H and O–H groups in total. The molecule has 0 amide bonds. The topological polar surface area (TPSA) is 61.8 Å². The summed E-state index contributed by atoms with van der Waals surface area (Å²) in [6.45, 7) is 0. The number of ether oxygens (including phenoxy) is 3. The summed E-state index contributed by atoms with van der Waals surface area (Å²) in [6.07, 6.45) is 2.39. The molecule has 0 saturated carbocycles. The van der Waals surface area contributed by atoms with Gasteiger partial charge >= 0.3 is 5.97 Å². The molecule has 5 nitrogen and oxygen atoms in total. The molecule has 1 rings (SSSR count).